The summed E-state index contributed by atoms with van der Waals surface area (Å²) < 4.78 is 5.86. The van der Waals surface area contributed by atoms with Gasteiger partial charge in [-0.15, -0.1) is 0 Å². The maximum atomic E-state index is 13.7. The molecule has 2 N–H and O–H groups in total. The van der Waals surface area contributed by atoms with Gasteiger partial charge in [-0.1, -0.05) is 6.92 Å². The van der Waals surface area contributed by atoms with Crippen molar-refractivity contribution in [3.05, 3.63) is 84.9 Å². The molecule has 2 saturated heterocycles. The zero-order valence-corrected chi connectivity index (χ0v) is 27.2. The quantitative estimate of drug-likeness (QED) is 0.244. The highest BCUT2D eigenvalue weighted by Crippen LogP contribution is 2.31. The van der Waals surface area contributed by atoms with Crippen LogP contribution in [0.3, 0.4) is 0 Å². The maximum absolute atomic E-state index is 13.7. The monoisotopic (exact) mass is 645 g/mol. The Labute approximate surface area is 279 Å². The molecule has 12 heteroatoms. The van der Waals surface area contributed by atoms with Crippen LogP contribution in [0.4, 0.5) is 11.4 Å². The molecular weight excluding hydrogens is 606 g/mol. The number of carbonyl (C=O) groups is 2. The van der Waals surface area contributed by atoms with E-state index in [1.54, 1.807) is 31.8 Å². The van der Waals surface area contributed by atoms with Gasteiger partial charge >= 0.3 is 0 Å². The lowest BCUT2D eigenvalue weighted by Gasteiger charge is -2.37. The van der Waals surface area contributed by atoms with Crippen molar-refractivity contribution in [3.8, 4) is 22.6 Å². The fourth-order valence-corrected chi connectivity index (χ4v) is 6.59. The highest BCUT2D eigenvalue weighted by Gasteiger charge is 2.45. The molecule has 0 unspecified atom stereocenters. The van der Waals surface area contributed by atoms with Gasteiger partial charge in [-0.25, -0.2) is 9.97 Å². The van der Waals surface area contributed by atoms with E-state index in [9.17, 15) is 9.59 Å². The number of aromatic amines is 1. The first-order chi connectivity index (χ1) is 23.4. The van der Waals surface area contributed by atoms with E-state index < -0.39 is 5.60 Å². The number of fused-ring (bicyclic) bond motifs is 1. The molecule has 246 valence electrons. The number of rotatable bonds is 9. The van der Waals surface area contributed by atoms with Crippen LogP contribution in [0.5, 0.6) is 0 Å². The summed E-state index contributed by atoms with van der Waals surface area (Å²) in [7, 11) is 1.57. The minimum Gasteiger partial charge on any atom is -0.368 e. The third-order valence-electron chi connectivity index (χ3n) is 9.44. The minimum absolute atomic E-state index is 0.0683. The normalized spacial score (nSPS) is 18.4. The second kappa shape index (κ2) is 13.5. The number of hydrogen-bond donors (Lipinski definition) is 2. The third kappa shape index (κ3) is 6.36. The number of aryl methyl sites for hydroxylation is 1. The van der Waals surface area contributed by atoms with Crippen molar-refractivity contribution >= 4 is 34.1 Å². The van der Waals surface area contributed by atoms with Crippen LogP contribution in [0.1, 0.15) is 19.0 Å². The first-order valence-electron chi connectivity index (χ1n) is 16.4. The highest BCUT2D eigenvalue weighted by atomic mass is 16.5. The number of aromatic nitrogens is 5. The number of amides is 2. The van der Waals surface area contributed by atoms with Gasteiger partial charge in [0, 0.05) is 98.6 Å². The number of nitrogens with one attached hydrogen (secondary N) is 2. The molecule has 5 aromatic rings. The summed E-state index contributed by atoms with van der Waals surface area (Å²) in [5, 5.41) is 11.6. The second-order valence-corrected chi connectivity index (χ2v) is 12.3. The molecule has 2 aromatic carbocycles. The van der Waals surface area contributed by atoms with Gasteiger partial charge in [0.15, 0.2) is 11.4 Å². The smallest absolute Gasteiger partial charge is 0.258 e. The Morgan fingerprint density at radius 3 is 2.46 bits per heavy atom. The number of H-pyrrole nitrogens is 1. The number of piperazine rings is 1. The van der Waals surface area contributed by atoms with Crippen LogP contribution in [0, 0.1) is 0 Å². The molecule has 3 aromatic heterocycles. The van der Waals surface area contributed by atoms with Crippen molar-refractivity contribution in [2.75, 3.05) is 63.1 Å². The SMILES string of the molecule is CCc1cc(-c2n[nH]c3ccc(NC(=O)[C@]4(OC)CCN(CC(=O)N5CCN(c6ccc(-c7ncccn7)cc6)CC5)C4)cc23)ccn1. The van der Waals surface area contributed by atoms with E-state index in [-0.39, 0.29) is 18.4 Å². The second-order valence-electron chi connectivity index (χ2n) is 12.3. The van der Waals surface area contributed by atoms with E-state index in [0.29, 0.717) is 44.1 Å². The lowest BCUT2D eigenvalue weighted by molar-refractivity contribution is -0.138. The lowest BCUT2D eigenvalue weighted by atomic mass is 10.0. The van der Waals surface area contributed by atoms with E-state index in [2.05, 4.69) is 54.4 Å². The predicted octanol–water partition coefficient (Wildman–Crippen LogP) is 4.02. The van der Waals surface area contributed by atoms with E-state index in [1.165, 1.54) is 0 Å². The topological polar surface area (TPSA) is 132 Å². The first kappa shape index (κ1) is 31.4. The summed E-state index contributed by atoms with van der Waals surface area (Å²) in [6.45, 7) is 6.04. The van der Waals surface area contributed by atoms with Gasteiger partial charge in [0.25, 0.3) is 5.91 Å². The predicted molar refractivity (Wildman–Crippen MR) is 184 cm³/mol. The molecule has 5 heterocycles. The Bertz CT molecular complexity index is 1910. The summed E-state index contributed by atoms with van der Waals surface area (Å²) in [5.74, 6) is 0.548. The van der Waals surface area contributed by atoms with E-state index in [0.717, 1.165) is 58.6 Å². The number of ether oxygens (including phenoxy) is 1. The molecule has 0 aliphatic carbocycles. The third-order valence-corrected chi connectivity index (χ3v) is 9.44. The van der Waals surface area contributed by atoms with Gasteiger partial charge in [-0.05, 0) is 73.5 Å². The van der Waals surface area contributed by atoms with Crippen LogP contribution in [0.25, 0.3) is 33.5 Å². The molecule has 2 aliphatic rings. The summed E-state index contributed by atoms with van der Waals surface area (Å²) in [5.41, 5.74) is 5.34. The average molecular weight is 646 g/mol. The largest absolute Gasteiger partial charge is 0.368 e. The van der Waals surface area contributed by atoms with Crippen molar-refractivity contribution in [1.82, 2.24) is 34.9 Å². The Morgan fingerprint density at radius 2 is 1.71 bits per heavy atom. The number of carbonyl (C=O) groups excluding carboxylic acids is 2. The van der Waals surface area contributed by atoms with Crippen molar-refractivity contribution in [3.63, 3.8) is 0 Å². The molecule has 2 fully saturated rings. The summed E-state index contributed by atoms with van der Waals surface area (Å²) in [4.78, 5) is 46.3. The number of benzene rings is 2. The number of likely N-dealkylation sites (tertiary alicyclic amines) is 1. The number of pyridine rings is 1. The molecule has 0 bridgehead atoms. The van der Waals surface area contributed by atoms with Crippen LogP contribution in [0.15, 0.2) is 79.3 Å². The van der Waals surface area contributed by atoms with E-state index in [1.807, 2.05) is 52.3 Å². The van der Waals surface area contributed by atoms with Gasteiger partial charge in [0.2, 0.25) is 5.91 Å². The molecule has 12 nitrogen and oxygen atoms in total. The summed E-state index contributed by atoms with van der Waals surface area (Å²) in [6.07, 6.45) is 6.60. The van der Waals surface area contributed by atoms with Crippen LogP contribution in [-0.4, -0.2) is 105 Å². The first-order valence-corrected chi connectivity index (χ1v) is 16.4. The highest BCUT2D eigenvalue weighted by molar-refractivity contribution is 6.01. The lowest BCUT2D eigenvalue weighted by Crippen LogP contribution is -2.52. The standard InChI is InChI=1S/C36H39N9O3/c1-3-27-21-26(11-15-37-27)33-30-22-28(7-10-31(30)41-42-33)40-35(47)36(48-2)12-16-43(24-36)23-32(46)45-19-17-44(18-20-45)29-8-5-25(6-9-29)34-38-13-4-14-39-34/h4-11,13-15,21-22H,3,12,16-20,23-24H2,1-2H3,(H,40,47)(H,41,42)/t36-/m0/s1. The van der Waals surface area contributed by atoms with Gasteiger partial charge in [0.05, 0.1) is 12.1 Å². The van der Waals surface area contributed by atoms with E-state index in [4.69, 9.17) is 4.74 Å². The van der Waals surface area contributed by atoms with E-state index >= 15 is 0 Å². The molecule has 7 rings (SSSR count). The number of methoxy groups -OCH3 is 1. The number of nitrogens with zero attached hydrogens (tertiary/aromatic N) is 7. The van der Waals surface area contributed by atoms with Crippen molar-refractivity contribution in [2.24, 2.45) is 0 Å². The van der Waals surface area contributed by atoms with Crippen LogP contribution >= 0.6 is 0 Å². The Morgan fingerprint density at radius 1 is 0.917 bits per heavy atom. The Balaban J connectivity index is 0.943. The Kier molecular flexibility index (Phi) is 8.83. The fraction of sp³-hybridized carbons (Fsp3) is 0.333. The van der Waals surface area contributed by atoms with Crippen LogP contribution < -0.4 is 10.2 Å². The molecular formula is C36H39N9O3. The van der Waals surface area contributed by atoms with Crippen molar-refractivity contribution < 1.29 is 14.3 Å². The van der Waals surface area contributed by atoms with Gasteiger partial charge in [-0.3, -0.25) is 24.6 Å². The van der Waals surface area contributed by atoms with Gasteiger partial charge < -0.3 is 19.9 Å². The maximum Gasteiger partial charge on any atom is 0.258 e. The summed E-state index contributed by atoms with van der Waals surface area (Å²) in [6, 6.07) is 19.7. The molecule has 48 heavy (non-hydrogen) atoms. The number of hydrogen-bond acceptors (Lipinski definition) is 9. The zero-order valence-electron chi connectivity index (χ0n) is 27.2. The molecule has 0 spiro atoms. The average Bonchev–Trinajstić information content (AvgIpc) is 3.77. The molecule has 2 aliphatic heterocycles. The van der Waals surface area contributed by atoms with Gasteiger partial charge in [-0.2, -0.15) is 5.10 Å². The fourth-order valence-electron chi connectivity index (χ4n) is 6.59. The van der Waals surface area contributed by atoms with Crippen molar-refractivity contribution in [1.29, 1.82) is 0 Å². The molecule has 0 radical (unpaired) electrons. The minimum atomic E-state index is -1.05. The van der Waals surface area contributed by atoms with Gasteiger partial charge in [0.1, 0.15) is 5.69 Å². The van der Waals surface area contributed by atoms with Crippen LogP contribution in [-0.2, 0) is 20.7 Å². The van der Waals surface area contributed by atoms with Crippen LogP contribution in [0.2, 0.25) is 0 Å². The Hall–Kier alpha value is -5.20. The van der Waals surface area contributed by atoms with Crippen molar-refractivity contribution in [2.45, 2.75) is 25.4 Å². The molecule has 2 amide bonds. The molecule has 1 atom stereocenters. The molecule has 0 saturated carbocycles. The summed E-state index contributed by atoms with van der Waals surface area (Å²) >= 11 is 0. The zero-order chi connectivity index (χ0) is 33.1. The number of anilines is 2.